The molecule has 0 aliphatic carbocycles. The zero-order valence-corrected chi connectivity index (χ0v) is 25.6. The van der Waals surface area contributed by atoms with Crippen LogP contribution in [0.1, 0.15) is 67.9 Å². The number of aliphatic imine (C=N–C) groups is 2. The Labute approximate surface area is 237 Å². The van der Waals surface area contributed by atoms with E-state index < -0.39 is 0 Å². The van der Waals surface area contributed by atoms with E-state index in [1.54, 1.807) is 0 Å². The first kappa shape index (κ1) is 30.6. The van der Waals surface area contributed by atoms with Gasteiger partial charge in [-0.05, 0) is 90.2 Å². The molecule has 1 aromatic carbocycles. The van der Waals surface area contributed by atoms with E-state index in [1.807, 2.05) is 32.0 Å². The first-order valence-electron chi connectivity index (χ1n) is 14.6. The lowest BCUT2D eigenvalue weighted by Crippen LogP contribution is -2.42. The number of allylic oxidation sites excluding steroid dienone is 2. The van der Waals surface area contributed by atoms with E-state index in [-0.39, 0.29) is 11.9 Å². The average Bonchev–Trinajstić information content (AvgIpc) is 3.46. The van der Waals surface area contributed by atoms with Crippen LogP contribution in [0.4, 0.5) is 0 Å². The van der Waals surface area contributed by atoms with E-state index in [0.717, 1.165) is 85.9 Å². The molecule has 1 atom stereocenters. The molecule has 214 valence electrons. The van der Waals surface area contributed by atoms with Crippen LogP contribution in [0.5, 0.6) is 0 Å². The van der Waals surface area contributed by atoms with E-state index in [4.69, 9.17) is 4.99 Å². The smallest absolute Gasteiger partial charge is 0.254 e. The van der Waals surface area contributed by atoms with Gasteiger partial charge in [0.05, 0.1) is 11.8 Å². The van der Waals surface area contributed by atoms with Crippen molar-refractivity contribution in [2.75, 3.05) is 60.9 Å². The van der Waals surface area contributed by atoms with Crippen molar-refractivity contribution in [2.45, 2.75) is 65.8 Å². The van der Waals surface area contributed by atoms with Gasteiger partial charge in [-0.1, -0.05) is 24.6 Å². The molecule has 0 spiro atoms. The Morgan fingerprint density at radius 3 is 2.33 bits per heavy atom. The molecule has 0 aromatic heterocycles. The number of amides is 1. The number of carbonyl (C=O) groups is 1. The summed E-state index contributed by atoms with van der Waals surface area (Å²) < 4.78 is 0. The maximum Gasteiger partial charge on any atom is 0.254 e. The van der Waals surface area contributed by atoms with Crippen molar-refractivity contribution < 1.29 is 4.79 Å². The summed E-state index contributed by atoms with van der Waals surface area (Å²) in [5.41, 5.74) is 6.02. The van der Waals surface area contributed by atoms with Gasteiger partial charge in [-0.25, -0.2) is 4.99 Å². The lowest BCUT2D eigenvalue weighted by Gasteiger charge is -2.29. The lowest BCUT2D eigenvalue weighted by atomic mass is 9.98. The third-order valence-electron chi connectivity index (χ3n) is 8.09. The highest BCUT2D eigenvalue weighted by molar-refractivity contribution is 6.05. The maximum absolute atomic E-state index is 13.9. The van der Waals surface area contributed by atoms with Crippen LogP contribution in [-0.2, 0) is 6.42 Å². The number of amidine groups is 1. The fraction of sp³-hybridized carbons (Fsp3) is 0.594. The average molecular weight is 535 g/mol. The van der Waals surface area contributed by atoms with Crippen LogP contribution < -0.4 is 0 Å². The van der Waals surface area contributed by atoms with Crippen molar-refractivity contribution in [3.63, 3.8) is 0 Å². The number of likely N-dealkylation sites (N-methyl/N-ethyl adjacent to an activating group) is 2. The molecule has 2 heterocycles. The monoisotopic (exact) mass is 534 g/mol. The highest BCUT2D eigenvalue weighted by atomic mass is 16.2. The van der Waals surface area contributed by atoms with E-state index in [0.29, 0.717) is 0 Å². The number of fused-ring (bicyclic) bond motifs is 1. The predicted molar refractivity (Wildman–Crippen MR) is 165 cm³/mol. The maximum atomic E-state index is 13.9. The Bertz CT molecular complexity index is 1110. The fourth-order valence-corrected chi connectivity index (χ4v) is 5.44. The number of nitrogens with zero attached hydrogens (tertiary/aromatic N) is 6. The zero-order valence-electron chi connectivity index (χ0n) is 25.6. The van der Waals surface area contributed by atoms with Crippen molar-refractivity contribution >= 4 is 17.5 Å². The number of rotatable bonds is 1. The van der Waals surface area contributed by atoms with Crippen LogP contribution in [0.15, 0.2) is 51.7 Å². The highest BCUT2D eigenvalue weighted by Crippen LogP contribution is 2.20. The number of hydrogen-bond acceptors (Lipinski definition) is 6. The van der Waals surface area contributed by atoms with Gasteiger partial charge in [-0.2, -0.15) is 0 Å². The summed E-state index contributed by atoms with van der Waals surface area (Å²) in [5.74, 6) is 1.06. The molecule has 1 saturated heterocycles. The molecule has 0 saturated carbocycles. The number of benzene rings is 1. The molecular formula is C32H50N6O. The van der Waals surface area contributed by atoms with Crippen LogP contribution in [-0.4, -0.2) is 104 Å². The van der Waals surface area contributed by atoms with Gasteiger partial charge in [0.15, 0.2) is 0 Å². The first-order chi connectivity index (χ1) is 18.6. The molecule has 1 amide bonds. The van der Waals surface area contributed by atoms with E-state index in [2.05, 4.69) is 78.8 Å². The molecule has 39 heavy (non-hydrogen) atoms. The van der Waals surface area contributed by atoms with Gasteiger partial charge in [-0.15, -0.1) is 0 Å². The second kappa shape index (κ2) is 14.5. The summed E-state index contributed by atoms with van der Waals surface area (Å²) in [7, 11) is 8.08. The number of carbonyl (C=O) groups excluding carboxylic acids is 1. The molecule has 1 unspecified atom stereocenters. The summed E-state index contributed by atoms with van der Waals surface area (Å²) in [6, 6.07) is 6.17. The first-order valence-corrected chi connectivity index (χ1v) is 14.6. The molecular weight excluding hydrogens is 484 g/mol. The molecule has 0 radical (unpaired) electrons. The Morgan fingerprint density at radius 2 is 1.67 bits per heavy atom. The Kier molecular flexibility index (Phi) is 11.3. The van der Waals surface area contributed by atoms with Crippen LogP contribution in [0.25, 0.3) is 0 Å². The summed E-state index contributed by atoms with van der Waals surface area (Å²) in [5, 5.41) is 0. The molecule has 3 rings (SSSR count). The normalized spacial score (nSPS) is 26.6. The van der Waals surface area contributed by atoms with Gasteiger partial charge in [0.2, 0.25) is 0 Å². The molecule has 2 aliphatic heterocycles. The minimum Gasteiger partial charge on any atom is -0.377 e. The van der Waals surface area contributed by atoms with Crippen molar-refractivity contribution in [3.05, 3.63) is 58.4 Å². The largest absolute Gasteiger partial charge is 0.377 e. The van der Waals surface area contributed by atoms with Crippen LogP contribution >= 0.6 is 0 Å². The van der Waals surface area contributed by atoms with Gasteiger partial charge >= 0.3 is 0 Å². The van der Waals surface area contributed by atoms with Crippen molar-refractivity contribution in [1.29, 1.82) is 0 Å². The number of likely N-dealkylation sites (tertiary alicyclic amines) is 1. The topological polar surface area (TPSA) is 54.8 Å². The quantitative estimate of drug-likeness (QED) is 0.507. The van der Waals surface area contributed by atoms with Crippen molar-refractivity contribution in [1.82, 2.24) is 19.6 Å². The zero-order chi connectivity index (χ0) is 28.5. The standard InChI is InChI=1S/C32H50N6O/c1-9-30-29(33-5)22-25(3)34-31(38-17-10-11-18-38)23-26(4)36(7)20-19-35(6)16-12-13-27-15-14-24(2)21-28(27)32(39)37(30)8/h14-15,21-23,30H,9-13,16-20H2,1-8H3/b25-22+,26-23+,33-29+,34-31+. The molecule has 2 aliphatic rings. The summed E-state index contributed by atoms with van der Waals surface area (Å²) in [6.45, 7) is 13.4. The number of hydrogen-bond donors (Lipinski definition) is 0. The molecule has 7 heteroatoms. The minimum absolute atomic E-state index is 0.0560. The molecule has 1 aromatic rings. The Morgan fingerprint density at radius 1 is 0.949 bits per heavy atom. The molecule has 1 fully saturated rings. The fourth-order valence-electron chi connectivity index (χ4n) is 5.44. The second-order valence-corrected chi connectivity index (χ2v) is 11.2. The van der Waals surface area contributed by atoms with Gasteiger partial charge in [0, 0.05) is 64.3 Å². The summed E-state index contributed by atoms with van der Waals surface area (Å²) in [6.07, 6.45) is 9.34. The van der Waals surface area contributed by atoms with Gasteiger partial charge in [-0.3, -0.25) is 9.79 Å². The third kappa shape index (κ3) is 8.28. The van der Waals surface area contributed by atoms with Gasteiger partial charge < -0.3 is 19.6 Å². The molecule has 0 N–H and O–H groups in total. The van der Waals surface area contributed by atoms with Crippen molar-refractivity contribution in [3.8, 4) is 0 Å². The summed E-state index contributed by atoms with van der Waals surface area (Å²) >= 11 is 0. The van der Waals surface area contributed by atoms with Crippen molar-refractivity contribution in [2.24, 2.45) is 9.98 Å². The highest BCUT2D eigenvalue weighted by Gasteiger charge is 2.25. The van der Waals surface area contributed by atoms with Crippen LogP contribution in [0, 0.1) is 6.92 Å². The van der Waals surface area contributed by atoms with E-state index in [1.165, 1.54) is 18.5 Å². The summed E-state index contributed by atoms with van der Waals surface area (Å²) in [4.78, 5) is 32.6. The molecule has 7 nitrogen and oxygen atoms in total. The lowest BCUT2D eigenvalue weighted by molar-refractivity contribution is 0.0767. The van der Waals surface area contributed by atoms with Gasteiger partial charge in [0.1, 0.15) is 5.84 Å². The van der Waals surface area contributed by atoms with E-state index >= 15 is 0 Å². The number of aryl methyl sites for hydroxylation is 2. The molecule has 0 bridgehead atoms. The minimum atomic E-state index is -0.132. The Balaban J connectivity index is 2.05. The third-order valence-corrected chi connectivity index (χ3v) is 8.09. The van der Waals surface area contributed by atoms with Crippen LogP contribution in [0.3, 0.4) is 0 Å². The second-order valence-electron chi connectivity index (χ2n) is 11.2. The van der Waals surface area contributed by atoms with Gasteiger partial charge in [0.25, 0.3) is 5.91 Å². The Hall–Kier alpha value is -2.93. The van der Waals surface area contributed by atoms with E-state index in [9.17, 15) is 4.79 Å². The van der Waals surface area contributed by atoms with Crippen LogP contribution in [0.2, 0.25) is 0 Å². The SMILES string of the molecule is CCC1C(=N/C)/C=C(C)/N=C(N2CCCC2)\C=C(/C)N(C)CCN(C)CCCc2ccc(C)cc2C(=O)N1C. The predicted octanol–water partition coefficient (Wildman–Crippen LogP) is 5.03.